The number of anilines is 3. The lowest BCUT2D eigenvalue weighted by Gasteiger charge is -2.20. The molecule has 1 aliphatic rings. The van der Waals surface area contributed by atoms with Crippen molar-refractivity contribution in [2.75, 3.05) is 49.1 Å². The number of aliphatic hydroxyl groups is 1. The van der Waals surface area contributed by atoms with Gasteiger partial charge in [-0.25, -0.2) is 5.84 Å². The number of aromatic nitrogens is 3. The van der Waals surface area contributed by atoms with Crippen LogP contribution in [0.1, 0.15) is 19.3 Å². The average Bonchev–Trinajstić information content (AvgIpc) is 3.01. The van der Waals surface area contributed by atoms with Gasteiger partial charge in [-0.15, -0.1) is 0 Å². The van der Waals surface area contributed by atoms with Gasteiger partial charge in [0.1, 0.15) is 0 Å². The minimum atomic E-state index is -0.0700. The molecule has 0 aliphatic carbocycles. The van der Waals surface area contributed by atoms with Crippen molar-refractivity contribution in [2.24, 2.45) is 5.84 Å². The Kier molecular flexibility index (Phi) is 5.90. The molecule has 1 aromatic rings. The van der Waals surface area contributed by atoms with Gasteiger partial charge in [0.05, 0.1) is 12.6 Å². The fraction of sp³-hybridized carbons (Fsp3) is 0.750. The molecule has 2 heterocycles. The summed E-state index contributed by atoms with van der Waals surface area (Å²) in [6.45, 7) is 2.39. The number of hydrogen-bond acceptors (Lipinski definition) is 9. The predicted octanol–water partition coefficient (Wildman–Crippen LogP) is -0.433. The van der Waals surface area contributed by atoms with Gasteiger partial charge in [0, 0.05) is 26.8 Å². The van der Waals surface area contributed by atoms with Gasteiger partial charge in [-0.05, 0) is 19.3 Å². The van der Waals surface area contributed by atoms with Gasteiger partial charge in [-0.2, -0.15) is 15.0 Å². The minimum absolute atomic E-state index is 0.0626. The number of nitrogens with two attached hydrogens (primary N) is 1. The lowest BCUT2D eigenvalue weighted by Crippen LogP contribution is -2.29. The second kappa shape index (κ2) is 7.91. The van der Waals surface area contributed by atoms with Crippen molar-refractivity contribution in [2.45, 2.75) is 25.3 Å². The van der Waals surface area contributed by atoms with Crippen molar-refractivity contribution in [1.82, 2.24) is 15.0 Å². The normalized spacial score (nSPS) is 16.0. The number of ether oxygens (including phenoxy) is 1. The van der Waals surface area contributed by atoms with E-state index in [9.17, 15) is 0 Å². The third kappa shape index (κ3) is 4.38. The molecule has 0 amide bonds. The summed E-state index contributed by atoms with van der Waals surface area (Å²) in [7, 11) is 1.61. The van der Waals surface area contributed by atoms with Gasteiger partial charge in [0.25, 0.3) is 0 Å². The molecule has 0 saturated carbocycles. The smallest absolute Gasteiger partial charge is 0.243 e. The molecule has 2 rings (SSSR count). The van der Waals surface area contributed by atoms with Crippen molar-refractivity contribution in [3.05, 3.63) is 0 Å². The molecule has 5 N–H and O–H groups in total. The van der Waals surface area contributed by atoms with Crippen molar-refractivity contribution >= 4 is 17.8 Å². The number of aliphatic hydroxyl groups excluding tert-OH is 1. The lowest BCUT2D eigenvalue weighted by molar-refractivity contribution is 0.170. The van der Waals surface area contributed by atoms with Gasteiger partial charge in [-0.1, -0.05) is 0 Å². The summed E-state index contributed by atoms with van der Waals surface area (Å²) in [5.41, 5.74) is 2.46. The maximum atomic E-state index is 9.08. The Balaban J connectivity index is 2.14. The predicted molar refractivity (Wildman–Crippen MR) is 80.1 cm³/mol. The Morgan fingerprint density at radius 1 is 1.29 bits per heavy atom. The Bertz CT molecular complexity index is 434. The first-order valence-electron chi connectivity index (χ1n) is 7.10. The summed E-state index contributed by atoms with van der Waals surface area (Å²) in [4.78, 5) is 15.0. The molecule has 1 unspecified atom stereocenters. The molecule has 1 saturated heterocycles. The van der Waals surface area contributed by atoms with E-state index >= 15 is 0 Å². The molecule has 1 atom stereocenters. The van der Waals surface area contributed by atoms with E-state index in [1.807, 2.05) is 0 Å². The Hall–Kier alpha value is -1.71. The monoisotopic (exact) mass is 297 g/mol. The third-order valence-electron chi connectivity index (χ3n) is 3.32. The highest BCUT2D eigenvalue weighted by molar-refractivity contribution is 5.44. The summed E-state index contributed by atoms with van der Waals surface area (Å²) in [5, 5.41) is 12.2. The van der Waals surface area contributed by atoms with Crippen LogP contribution >= 0.6 is 0 Å². The molecular weight excluding hydrogens is 274 g/mol. The standard InChI is InChI=1S/C12H23N7O2/c1-21-8-9(4-7-20)14-10-15-11(18-13)17-12(16-10)19-5-2-3-6-19/h9,20H,2-8,13H2,1H3,(H2,14,15,16,17,18). The van der Waals surface area contributed by atoms with Gasteiger partial charge >= 0.3 is 0 Å². The first-order chi connectivity index (χ1) is 10.3. The molecule has 0 bridgehead atoms. The first kappa shape index (κ1) is 15.7. The van der Waals surface area contributed by atoms with Crippen LogP contribution in [0.25, 0.3) is 0 Å². The number of hydrogen-bond donors (Lipinski definition) is 4. The molecule has 1 aliphatic heterocycles. The van der Waals surface area contributed by atoms with E-state index in [0.29, 0.717) is 30.9 Å². The Morgan fingerprint density at radius 2 is 2.00 bits per heavy atom. The maximum Gasteiger partial charge on any atom is 0.243 e. The topological polar surface area (TPSA) is 121 Å². The fourth-order valence-electron chi connectivity index (χ4n) is 2.29. The van der Waals surface area contributed by atoms with Crippen molar-refractivity contribution < 1.29 is 9.84 Å². The third-order valence-corrected chi connectivity index (χ3v) is 3.32. The summed E-state index contributed by atoms with van der Waals surface area (Å²) < 4.78 is 5.12. The van der Waals surface area contributed by atoms with E-state index in [-0.39, 0.29) is 12.6 Å². The van der Waals surface area contributed by atoms with Crippen LogP contribution in [-0.4, -0.2) is 59.5 Å². The van der Waals surface area contributed by atoms with E-state index in [2.05, 4.69) is 30.6 Å². The van der Waals surface area contributed by atoms with Crippen LogP contribution < -0.4 is 21.5 Å². The zero-order valence-electron chi connectivity index (χ0n) is 12.2. The fourth-order valence-corrected chi connectivity index (χ4v) is 2.29. The molecule has 0 radical (unpaired) electrons. The Labute approximate surface area is 123 Å². The van der Waals surface area contributed by atoms with E-state index in [0.717, 1.165) is 25.9 Å². The van der Waals surface area contributed by atoms with Crippen molar-refractivity contribution in [3.8, 4) is 0 Å². The zero-order valence-corrected chi connectivity index (χ0v) is 12.2. The van der Waals surface area contributed by atoms with Gasteiger partial charge in [-0.3, -0.25) is 5.43 Å². The molecule has 0 aromatic carbocycles. The van der Waals surface area contributed by atoms with Gasteiger partial charge in [0.15, 0.2) is 0 Å². The summed E-state index contributed by atoms with van der Waals surface area (Å²) in [6, 6.07) is -0.0700. The number of rotatable bonds is 8. The van der Waals surface area contributed by atoms with Crippen molar-refractivity contribution in [1.29, 1.82) is 0 Å². The summed E-state index contributed by atoms with van der Waals surface area (Å²) in [5.74, 6) is 6.77. The number of nitrogens with one attached hydrogen (secondary N) is 2. The Morgan fingerprint density at radius 3 is 2.62 bits per heavy atom. The minimum Gasteiger partial charge on any atom is -0.396 e. The van der Waals surface area contributed by atoms with Crippen LogP contribution in [0.5, 0.6) is 0 Å². The van der Waals surface area contributed by atoms with Crippen LogP contribution in [0.15, 0.2) is 0 Å². The van der Waals surface area contributed by atoms with Gasteiger partial charge < -0.3 is 20.1 Å². The SMILES string of the molecule is COCC(CCO)Nc1nc(NN)nc(N2CCCC2)n1. The molecule has 9 heteroatoms. The molecule has 21 heavy (non-hydrogen) atoms. The van der Waals surface area contributed by atoms with E-state index in [1.54, 1.807) is 7.11 Å². The first-order valence-corrected chi connectivity index (χ1v) is 7.10. The number of nitrogen functional groups attached to an aromatic ring is 1. The van der Waals surface area contributed by atoms with E-state index < -0.39 is 0 Å². The molecule has 0 spiro atoms. The van der Waals surface area contributed by atoms with E-state index in [4.69, 9.17) is 15.7 Å². The van der Waals surface area contributed by atoms with Crippen molar-refractivity contribution in [3.63, 3.8) is 0 Å². The summed E-state index contributed by atoms with van der Waals surface area (Å²) >= 11 is 0. The van der Waals surface area contributed by atoms with Crippen LogP contribution in [-0.2, 0) is 4.74 Å². The van der Waals surface area contributed by atoms with E-state index in [1.165, 1.54) is 0 Å². The summed E-state index contributed by atoms with van der Waals surface area (Å²) in [6.07, 6.45) is 2.82. The molecule has 1 aromatic heterocycles. The van der Waals surface area contributed by atoms with Crippen LogP contribution in [0.2, 0.25) is 0 Å². The number of nitrogens with zero attached hydrogens (tertiary/aromatic N) is 4. The average molecular weight is 297 g/mol. The quantitative estimate of drug-likeness (QED) is 0.374. The number of hydrazine groups is 1. The second-order valence-electron chi connectivity index (χ2n) is 4.93. The zero-order chi connectivity index (χ0) is 15.1. The van der Waals surface area contributed by atoms with Crippen LogP contribution in [0.3, 0.4) is 0 Å². The lowest BCUT2D eigenvalue weighted by atomic mass is 10.2. The highest BCUT2D eigenvalue weighted by Gasteiger charge is 2.18. The molecule has 118 valence electrons. The van der Waals surface area contributed by atoms with Crippen LogP contribution in [0, 0.1) is 0 Å². The highest BCUT2D eigenvalue weighted by atomic mass is 16.5. The second-order valence-corrected chi connectivity index (χ2v) is 4.93. The number of methoxy groups -OCH3 is 1. The van der Waals surface area contributed by atoms with Crippen LogP contribution in [0.4, 0.5) is 17.8 Å². The molecule has 9 nitrogen and oxygen atoms in total. The molecule has 1 fully saturated rings. The maximum absolute atomic E-state index is 9.08. The highest BCUT2D eigenvalue weighted by Crippen LogP contribution is 2.18. The largest absolute Gasteiger partial charge is 0.396 e. The van der Waals surface area contributed by atoms with Gasteiger partial charge in [0.2, 0.25) is 17.8 Å². The molecular formula is C12H23N7O2.